The molecule has 0 spiro atoms. The number of benzene rings is 1. The molecule has 2 aromatic rings. The fourth-order valence-electron chi connectivity index (χ4n) is 1.69. The lowest BCUT2D eigenvalue weighted by Gasteiger charge is -2.16. The first-order chi connectivity index (χ1) is 8.70. The van der Waals surface area contributed by atoms with Gasteiger partial charge in [0.2, 0.25) is 0 Å². The zero-order valence-electron chi connectivity index (χ0n) is 9.48. The maximum atomic E-state index is 13.0. The quantitative estimate of drug-likeness (QED) is 0.671. The predicted molar refractivity (Wildman–Crippen MR) is 69.9 cm³/mol. The predicted octanol–water partition coefficient (Wildman–Crippen LogP) is 2.13. The van der Waals surface area contributed by atoms with Gasteiger partial charge in [-0.2, -0.15) is 10.2 Å². The van der Waals surface area contributed by atoms with Crippen LogP contribution in [-0.4, -0.2) is 10.2 Å². The van der Waals surface area contributed by atoms with Gasteiger partial charge >= 0.3 is 0 Å². The highest BCUT2D eigenvalue weighted by Gasteiger charge is 2.13. The van der Waals surface area contributed by atoms with Crippen LogP contribution in [-0.2, 0) is 6.42 Å². The van der Waals surface area contributed by atoms with Gasteiger partial charge in [0.15, 0.2) is 0 Å². The Morgan fingerprint density at radius 1 is 1.33 bits per heavy atom. The van der Waals surface area contributed by atoms with Crippen molar-refractivity contribution >= 4 is 15.9 Å². The van der Waals surface area contributed by atoms with E-state index in [-0.39, 0.29) is 11.9 Å². The zero-order valence-corrected chi connectivity index (χ0v) is 11.1. The van der Waals surface area contributed by atoms with Crippen molar-refractivity contribution in [2.24, 2.45) is 5.84 Å². The van der Waals surface area contributed by atoms with Gasteiger partial charge in [0.1, 0.15) is 5.82 Å². The van der Waals surface area contributed by atoms with Gasteiger partial charge in [-0.25, -0.2) is 4.39 Å². The Balaban J connectivity index is 2.21. The van der Waals surface area contributed by atoms with E-state index in [1.54, 1.807) is 18.5 Å². The molecule has 0 aliphatic carbocycles. The molecule has 1 aromatic carbocycles. The van der Waals surface area contributed by atoms with Crippen LogP contribution >= 0.6 is 15.9 Å². The smallest absolute Gasteiger partial charge is 0.124 e. The van der Waals surface area contributed by atoms with Crippen LogP contribution in [0.3, 0.4) is 0 Å². The number of hydrogen-bond acceptors (Lipinski definition) is 4. The van der Waals surface area contributed by atoms with Crippen LogP contribution in [0.15, 0.2) is 41.1 Å². The molecule has 2 rings (SSSR count). The normalized spacial score (nSPS) is 12.4. The summed E-state index contributed by atoms with van der Waals surface area (Å²) in [5.41, 5.74) is 4.63. The van der Waals surface area contributed by atoms with Crippen LogP contribution in [0, 0.1) is 5.82 Å². The van der Waals surface area contributed by atoms with E-state index in [0.717, 1.165) is 15.6 Å². The number of nitrogens with zero attached hydrogens (tertiary/aromatic N) is 2. The van der Waals surface area contributed by atoms with Crippen molar-refractivity contribution in [1.82, 2.24) is 15.6 Å². The van der Waals surface area contributed by atoms with E-state index in [2.05, 4.69) is 31.6 Å². The topological polar surface area (TPSA) is 63.8 Å². The third-order valence-corrected chi connectivity index (χ3v) is 3.39. The Bertz CT molecular complexity index is 521. The minimum atomic E-state index is -0.270. The molecule has 0 bridgehead atoms. The summed E-state index contributed by atoms with van der Waals surface area (Å²) < 4.78 is 13.7. The van der Waals surface area contributed by atoms with Crippen LogP contribution in [0.25, 0.3) is 0 Å². The van der Waals surface area contributed by atoms with Crippen molar-refractivity contribution in [1.29, 1.82) is 0 Å². The molecule has 0 fully saturated rings. The average molecular weight is 311 g/mol. The second kappa shape index (κ2) is 5.99. The summed E-state index contributed by atoms with van der Waals surface area (Å²) in [5, 5.41) is 7.54. The highest BCUT2D eigenvalue weighted by Crippen LogP contribution is 2.23. The van der Waals surface area contributed by atoms with Crippen molar-refractivity contribution in [2.45, 2.75) is 12.5 Å². The lowest BCUT2D eigenvalue weighted by Crippen LogP contribution is -2.29. The fraction of sp³-hybridized carbons (Fsp3) is 0.167. The summed E-state index contributed by atoms with van der Waals surface area (Å²) in [7, 11) is 0. The van der Waals surface area contributed by atoms with Crippen molar-refractivity contribution < 1.29 is 4.39 Å². The van der Waals surface area contributed by atoms with Crippen molar-refractivity contribution in [3.63, 3.8) is 0 Å². The number of aromatic nitrogens is 2. The van der Waals surface area contributed by atoms with Gasteiger partial charge < -0.3 is 0 Å². The van der Waals surface area contributed by atoms with Crippen LogP contribution in [0.4, 0.5) is 4.39 Å². The van der Waals surface area contributed by atoms with E-state index in [0.29, 0.717) is 6.42 Å². The molecule has 4 nitrogen and oxygen atoms in total. The summed E-state index contributed by atoms with van der Waals surface area (Å²) in [4.78, 5) is 0. The Morgan fingerprint density at radius 2 is 2.17 bits per heavy atom. The van der Waals surface area contributed by atoms with Gasteiger partial charge in [-0.1, -0.05) is 22.0 Å². The average Bonchev–Trinajstić information content (AvgIpc) is 2.39. The molecule has 0 saturated heterocycles. The van der Waals surface area contributed by atoms with Gasteiger partial charge in [-0.3, -0.25) is 11.3 Å². The number of halogens is 2. The molecule has 0 radical (unpaired) electrons. The first kappa shape index (κ1) is 13.1. The Hall–Kier alpha value is -1.37. The van der Waals surface area contributed by atoms with Crippen LogP contribution in [0.5, 0.6) is 0 Å². The minimum absolute atomic E-state index is 0.0951. The summed E-state index contributed by atoms with van der Waals surface area (Å²) in [6.07, 6.45) is 3.89. The number of hydrazine groups is 1. The molecule has 1 atom stereocenters. The molecule has 1 aromatic heterocycles. The largest absolute Gasteiger partial charge is 0.271 e. The molecule has 0 amide bonds. The number of hydrogen-bond donors (Lipinski definition) is 2. The lowest BCUT2D eigenvalue weighted by molar-refractivity contribution is 0.546. The summed E-state index contributed by atoms with van der Waals surface area (Å²) in [6.45, 7) is 0. The maximum absolute atomic E-state index is 13.0. The molecule has 3 N–H and O–H groups in total. The summed E-state index contributed by atoms with van der Waals surface area (Å²) in [5.74, 6) is 5.28. The molecule has 94 valence electrons. The second-order valence-corrected chi connectivity index (χ2v) is 4.69. The molecule has 0 saturated carbocycles. The molecule has 0 aliphatic heterocycles. The Morgan fingerprint density at radius 3 is 2.78 bits per heavy atom. The molecule has 18 heavy (non-hydrogen) atoms. The zero-order chi connectivity index (χ0) is 13.0. The van der Waals surface area contributed by atoms with E-state index >= 15 is 0 Å². The van der Waals surface area contributed by atoms with Crippen LogP contribution in [0.2, 0.25) is 0 Å². The highest BCUT2D eigenvalue weighted by atomic mass is 79.9. The third kappa shape index (κ3) is 3.10. The van der Waals surface area contributed by atoms with E-state index in [9.17, 15) is 4.39 Å². The van der Waals surface area contributed by atoms with Crippen molar-refractivity contribution in [3.8, 4) is 0 Å². The Kier molecular flexibility index (Phi) is 4.35. The highest BCUT2D eigenvalue weighted by molar-refractivity contribution is 9.10. The molecular formula is C12H12BrFN4. The van der Waals surface area contributed by atoms with Gasteiger partial charge in [0.25, 0.3) is 0 Å². The number of nitrogens with one attached hydrogen (secondary N) is 1. The van der Waals surface area contributed by atoms with E-state index in [4.69, 9.17) is 5.84 Å². The van der Waals surface area contributed by atoms with Crippen LogP contribution in [0.1, 0.15) is 17.2 Å². The Labute approximate surface area is 113 Å². The first-order valence-electron chi connectivity index (χ1n) is 5.37. The standard InChI is InChI=1S/C12H12BrFN4/c13-11-6-10(14)2-1-8(11)5-12(18-15)9-3-4-16-17-7-9/h1-4,6-7,12,18H,5,15H2. The summed E-state index contributed by atoms with van der Waals surface area (Å²) >= 11 is 3.34. The van der Waals surface area contributed by atoms with E-state index in [1.165, 1.54) is 12.1 Å². The minimum Gasteiger partial charge on any atom is -0.271 e. The van der Waals surface area contributed by atoms with Gasteiger partial charge in [-0.05, 0) is 35.7 Å². The van der Waals surface area contributed by atoms with Gasteiger partial charge in [-0.15, -0.1) is 0 Å². The summed E-state index contributed by atoms with van der Waals surface area (Å²) in [6, 6.07) is 6.35. The fourth-order valence-corrected chi connectivity index (χ4v) is 2.20. The van der Waals surface area contributed by atoms with E-state index in [1.807, 2.05) is 6.07 Å². The molecule has 1 unspecified atom stereocenters. The monoisotopic (exact) mass is 310 g/mol. The molecule has 1 heterocycles. The number of nitrogens with two attached hydrogens (primary N) is 1. The SMILES string of the molecule is NNC(Cc1ccc(F)cc1Br)c1ccnnc1. The third-order valence-electron chi connectivity index (χ3n) is 2.65. The van der Waals surface area contributed by atoms with Crippen molar-refractivity contribution in [3.05, 3.63) is 58.1 Å². The van der Waals surface area contributed by atoms with Gasteiger partial charge in [0, 0.05) is 10.7 Å². The van der Waals surface area contributed by atoms with Crippen molar-refractivity contribution in [2.75, 3.05) is 0 Å². The van der Waals surface area contributed by atoms with Crippen LogP contribution < -0.4 is 11.3 Å². The lowest BCUT2D eigenvalue weighted by atomic mass is 10.0. The number of rotatable bonds is 4. The molecule has 0 aliphatic rings. The molecular weight excluding hydrogens is 299 g/mol. The van der Waals surface area contributed by atoms with E-state index < -0.39 is 0 Å². The maximum Gasteiger partial charge on any atom is 0.124 e. The van der Waals surface area contributed by atoms with Gasteiger partial charge in [0.05, 0.1) is 12.2 Å². The second-order valence-electron chi connectivity index (χ2n) is 3.83. The molecule has 6 heteroatoms. The first-order valence-corrected chi connectivity index (χ1v) is 6.16.